The number of nitrogens with one attached hydrogen (secondary N) is 1. The fourth-order valence-corrected chi connectivity index (χ4v) is 3.92. The number of aryl methyl sites for hydroxylation is 1. The van der Waals surface area contributed by atoms with Crippen molar-refractivity contribution < 1.29 is 18.0 Å². The fraction of sp³-hybridized carbons (Fsp3) is 0.429. The van der Waals surface area contributed by atoms with Crippen LogP contribution in [0.5, 0.6) is 0 Å². The molecule has 1 atom stereocenters. The van der Waals surface area contributed by atoms with Gasteiger partial charge in [0.1, 0.15) is 6.04 Å². The van der Waals surface area contributed by atoms with Crippen LogP contribution in [0.3, 0.4) is 0 Å². The molecule has 0 aromatic heterocycles. The van der Waals surface area contributed by atoms with Crippen LogP contribution in [0.25, 0.3) is 0 Å². The predicted octanol–water partition coefficient (Wildman–Crippen LogP) is 0.811. The molecule has 0 unspecified atom stereocenters. The Hall–Kier alpha value is -1.89. The van der Waals surface area contributed by atoms with E-state index < -0.39 is 27.9 Å². The zero-order valence-electron chi connectivity index (χ0n) is 12.0. The minimum absolute atomic E-state index is 0.0256. The molecule has 7 heteroatoms. The molecule has 1 heterocycles. The van der Waals surface area contributed by atoms with E-state index in [1.807, 2.05) is 6.92 Å². The molecule has 1 fully saturated rings. The van der Waals surface area contributed by atoms with E-state index in [0.29, 0.717) is 6.54 Å². The van der Waals surface area contributed by atoms with Crippen molar-refractivity contribution in [3.63, 3.8) is 0 Å². The van der Waals surface area contributed by atoms with Crippen molar-refractivity contribution in [1.29, 1.82) is 0 Å². The van der Waals surface area contributed by atoms with Gasteiger partial charge in [-0.1, -0.05) is 17.7 Å². The fourth-order valence-electron chi connectivity index (χ4n) is 2.32. The van der Waals surface area contributed by atoms with Gasteiger partial charge in [-0.25, -0.2) is 12.7 Å². The Morgan fingerprint density at radius 3 is 2.52 bits per heavy atom. The van der Waals surface area contributed by atoms with Crippen LogP contribution in [-0.4, -0.2) is 37.1 Å². The maximum atomic E-state index is 12.6. The smallest absolute Gasteiger partial charge is 0.267 e. The molecule has 1 aromatic carbocycles. The van der Waals surface area contributed by atoms with Gasteiger partial charge in [-0.15, -0.1) is 0 Å². The van der Waals surface area contributed by atoms with E-state index in [9.17, 15) is 18.0 Å². The highest BCUT2D eigenvalue weighted by molar-refractivity contribution is 7.89. The quantitative estimate of drug-likeness (QED) is 0.892. The number of sulfonamides is 1. The van der Waals surface area contributed by atoms with E-state index in [4.69, 9.17) is 0 Å². The Morgan fingerprint density at radius 2 is 1.95 bits per heavy atom. The minimum atomic E-state index is -3.99. The molecule has 0 saturated carbocycles. The van der Waals surface area contributed by atoms with Crippen LogP contribution >= 0.6 is 0 Å². The van der Waals surface area contributed by atoms with Crippen LogP contribution in [-0.2, 0) is 19.6 Å². The lowest BCUT2D eigenvalue weighted by atomic mass is 10.2. The van der Waals surface area contributed by atoms with Crippen molar-refractivity contribution >= 4 is 21.8 Å². The number of hydrogen-bond donors (Lipinski definition) is 1. The van der Waals surface area contributed by atoms with Crippen molar-refractivity contribution in [2.45, 2.75) is 37.6 Å². The average molecular weight is 310 g/mol. The molecule has 114 valence electrons. The van der Waals surface area contributed by atoms with Gasteiger partial charge in [-0.2, -0.15) is 0 Å². The third kappa shape index (κ3) is 2.92. The topological polar surface area (TPSA) is 83.6 Å². The molecule has 2 rings (SSSR count). The number of benzene rings is 1. The van der Waals surface area contributed by atoms with Crippen molar-refractivity contribution in [1.82, 2.24) is 9.62 Å². The maximum Gasteiger partial charge on any atom is 0.267 e. The highest BCUT2D eigenvalue weighted by atomic mass is 32.2. The summed E-state index contributed by atoms with van der Waals surface area (Å²) in [7, 11) is -3.99. The van der Waals surface area contributed by atoms with Crippen LogP contribution < -0.4 is 5.32 Å². The molecule has 1 aliphatic rings. The third-order valence-corrected chi connectivity index (χ3v) is 5.24. The summed E-state index contributed by atoms with van der Waals surface area (Å²) >= 11 is 0. The molecule has 0 bridgehead atoms. The van der Waals surface area contributed by atoms with Crippen LogP contribution in [0.4, 0.5) is 0 Å². The van der Waals surface area contributed by atoms with Gasteiger partial charge < -0.3 is 5.32 Å². The second-order valence-electron chi connectivity index (χ2n) is 4.96. The molecule has 1 N–H and O–H groups in total. The van der Waals surface area contributed by atoms with Crippen molar-refractivity contribution in [2.75, 3.05) is 6.54 Å². The van der Waals surface area contributed by atoms with Crippen LogP contribution in [0.2, 0.25) is 0 Å². The number of hydrogen-bond acceptors (Lipinski definition) is 4. The first-order valence-electron chi connectivity index (χ1n) is 6.79. The molecular formula is C14H18N2O4S. The van der Waals surface area contributed by atoms with Crippen molar-refractivity contribution in [3.8, 4) is 0 Å². The van der Waals surface area contributed by atoms with Crippen molar-refractivity contribution in [3.05, 3.63) is 29.8 Å². The van der Waals surface area contributed by atoms with Gasteiger partial charge >= 0.3 is 0 Å². The third-order valence-electron chi connectivity index (χ3n) is 3.39. The average Bonchev–Trinajstić information content (AvgIpc) is 2.82. The van der Waals surface area contributed by atoms with Gasteiger partial charge in [0.2, 0.25) is 11.8 Å². The van der Waals surface area contributed by atoms with Gasteiger partial charge in [0.15, 0.2) is 0 Å². The number of rotatable bonds is 4. The summed E-state index contributed by atoms with van der Waals surface area (Å²) in [6.45, 7) is 3.98. The minimum Gasteiger partial charge on any atom is -0.355 e. The molecule has 1 saturated heterocycles. The largest absolute Gasteiger partial charge is 0.355 e. The Balaban J connectivity index is 2.38. The summed E-state index contributed by atoms with van der Waals surface area (Å²) in [5, 5.41) is 2.57. The summed E-state index contributed by atoms with van der Waals surface area (Å²) in [6.07, 6.45) is 0.280. The second-order valence-corrected chi connectivity index (χ2v) is 6.77. The molecule has 21 heavy (non-hydrogen) atoms. The van der Waals surface area contributed by atoms with E-state index in [1.165, 1.54) is 12.1 Å². The SMILES string of the molecule is CCNC(=O)[C@@H]1CCC(=O)N1S(=O)(=O)c1ccc(C)cc1. The Bertz CT molecular complexity index is 652. The number of likely N-dealkylation sites (N-methyl/N-ethyl adjacent to an activating group) is 1. The Kier molecular flexibility index (Phi) is 4.32. The molecule has 1 aliphatic heterocycles. The summed E-state index contributed by atoms with van der Waals surface area (Å²) in [5.41, 5.74) is 0.918. The maximum absolute atomic E-state index is 12.6. The molecule has 6 nitrogen and oxygen atoms in total. The molecule has 0 radical (unpaired) electrons. The van der Waals surface area contributed by atoms with E-state index in [1.54, 1.807) is 19.1 Å². The predicted molar refractivity (Wildman–Crippen MR) is 76.9 cm³/mol. The van der Waals surface area contributed by atoms with Gasteiger partial charge in [0, 0.05) is 13.0 Å². The van der Waals surface area contributed by atoms with Crippen molar-refractivity contribution in [2.24, 2.45) is 0 Å². The summed E-state index contributed by atoms with van der Waals surface area (Å²) < 4.78 is 25.9. The first-order valence-corrected chi connectivity index (χ1v) is 8.23. The van der Waals surface area contributed by atoms with Gasteiger partial charge in [0.25, 0.3) is 10.0 Å². The molecule has 2 amide bonds. The zero-order chi connectivity index (χ0) is 15.6. The monoisotopic (exact) mass is 310 g/mol. The highest BCUT2D eigenvalue weighted by Crippen LogP contribution is 2.27. The first-order chi connectivity index (χ1) is 9.87. The van der Waals surface area contributed by atoms with Gasteiger partial charge in [-0.3, -0.25) is 9.59 Å². The lowest BCUT2D eigenvalue weighted by Gasteiger charge is -2.23. The normalized spacial score (nSPS) is 18.9. The first kappa shape index (κ1) is 15.5. The molecule has 0 spiro atoms. The van der Waals surface area contributed by atoms with E-state index >= 15 is 0 Å². The van der Waals surface area contributed by atoms with E-state index in [2.05, 4.69) is 5.32 Å². The standard InChI is InChI=1S/C14H18N2O4S/c1-3-15-14(18)12-8-9-13(17)16(12)21(19,20)11-6-4-10(2)5-7-11/h4-7,12H,3,8-9H2,1-2H3,(H,15,18)/t12-/m0/s1. The lowest BCUT2D eigenvalue weighted by Crippen LogP contribution is -2.47. The zero-order valence-corrected chi connectivity index (χ0v) is 12.8. The van der Waals surface area contributed by atoms with Crippen LogP contribution in [0, 0.1) is 6.92 Å². The summed E-state index contributed by atoms with van der Waals surface area (Å²) in [5.74, 6) is -0.967. The Morgan fingerprint density at radius 1 is 1.33 bits per heavy atom. The highest BCUT2D eigenvalue weighted by Gasteiger charge is 2.43. The number of carbonyl (C=O) groups excluding carboxylic acids is 2. The van der Waals surface area contributed by atoms with Crippen LogP contribution in [0.1, 0.15) is 25.3 Å². The number of carbonyl (C=O) groups is 2. The van der Waals surface area contributed by atoms with E-state index in [-0.39, 0.29) is 17.7 Å². The number of amides is 2. The van der Waals surface area contributed by atoms with Gasteiger partial charge in [-0.05, 0) is 32.4 Å². The molecular weight excluding hydrogens is 292 g/mol. The second kappa shape index (κ2) is 5.85. The number of nitrogens with zero attached hydrogens (tertiary/aromatic N) is 1. The molecule has 0 aliphatic carbocycles. The van der Waals surface area contributed by atoms with E-state index in [0.717, 1.165) is 9.87 Å². The van der Waals surface area contributed by atoms with Gasteiger partial charge in [0.05, 0.1) is 4.90 Å². The summed E-state index contributed by atoms with van der Waals surface area (Å²) in [4.78, 5) is 23.9. The summed E-state index contributed by atoms with van der Waals surface area (Å²) in [6, 6.07) is 5.27. The van der Waals surface area contributed by atoms with Crippen LogP contribution in [0.15, 0.2) is 29.2 Å². The molecule has 1 aromatic rings. The Labute approximate surface area is 124 Å². The lowest BCUT2D eigenvalue weighted by molar-refractivity contribution is -0.130.